The van der Waals surface area contributed by atoms with Crippen molar-refractivity contribution in [2.75, 3.05) is 0 Å². The maximum Gasteiger partial charge on any atom is 0.0534 e. The Hall–Kier alpha value is -0.830. The van der Waals surface area contributed by atoms with Crippen molar-refractivity contribution in [1.29, 1.82) is 0 Å². The van der Waals surface area contributed by atoms with Crippen molar-refractivity contribution in [3.63, 3.8) is 0 Å². The number of nitrogens with zero attached hydrogens (tertiary/aromatic N) is 2. The molecule has 0 unspecified atom stereocenters. The van der Waals surface area contributed by atoms with E-state index in [2.05, 4.69) is 30.5 Å². The quantitative estimate of drug-likeness (QED) is 0.838. The molecule has 1 N–H and O–H groups in total. The second-order valence-electron chi connectivity index (χ2n) is 5.68. The monoisotopic (exact) mass is 249 g/mol. The van der Waals surface area contributed by atoms with E-state index >= 15 is 0 Å². The lowest BCUT2D eigenvalue weighted by Gasteiger charge is -2.28. The van der Waals surface area contributed by atoms with E-state index in [1.807, 2.05) is 10.9 Å². The minimum absolute atomic E-state index is 0.639. The fraction of sp³-hybridized carbons (Fsp3) is 0.800. The van der Waals surface area contributed by atoms with Gasteiger partial charge in [0.1, 0.15) is 0 Å². The summed E-state index contributed by atoms with van der Waals surface area (Å²) in [5.41, 5.74) is 1.31. The smallest absolute Gasteiger partial charge is 0.0534 e. The van der Waals surface area contributed by atoms with Gasteiger partial charge in [0, 0.05) is 30.9 Å². The van der Waals surface area contributed by atoms with Crippen LogP contribution in [0.3, 0.4) is 0 Å². The van der Waals surface area contributed by atoms with E-state index in [4.69, 9.17) is 0 Å². The van der Waals surface area contributed by atoms with Crippen LogP contribution in [0.2, 0.25) is 0 Å². The molecule has 1 aromatic heterocycles. The van der Waals surface area contributed by atoms with Gasteiger partial charge in [-0.1, -0.05) is 26.2 Å². The lowest BCUT2D eigenvalue weighted by atomic mass is 9.84. The largest absolute Gasteiger partial charge is 0.310 e. The fourth-order valence-corrected chi connectivity index (χ4v) is 2.93. The minimum Gasteiger partial charge on any atom is -0.310 e. The summed E-state index contributed by atoms with van der Waals surface area (Å²) in [5, 5.41) is 8.04. The molecule has 3 heteroatoms. The van der Waals surface area contributed by atoms with Crippen LogP contribution in [0.4, 0.5) is 0 Å². The predicted octanol–water partition coefficient (Wildman–Crippen LogP) is 3.35. The molecule has 1 saturated carbocycles. The highest BCUT2D eigenvalue weighted by Crippen LogP contribution is 2.26. The zero-order valence-electron chi connectivity index (χ0n) is 11.9. The first-order valence-electron chi connectivity index (χ1n) is 7.54. The minimum atomic E-state index is 0.639. The maximum absolute atomic E-state index is 4.37. The SMILES string of the molecule is CCCn1cc(CN[C@H](C)C2CCCCC2)cn1. The third-order valence-electron chi connectivity index (χ3n) is 4.12. The Kier molecular flexibility index (Phi) is 5.24. The van der Waals surface area contributed by atoms with Gasteiger partial charge in [-0.15, -0.1) is 0 Å². The van der Waals surface area contributed by atoms with Gasteiger partial charge in [0.25, 0.3) is 0 Å². The topological polar surface area (TPSA) is 29.9 Å². The highest BCUT2D eigenvalue weighted by molar-refractivity contribution is 5.03. The predicted molar refractivity (Wildman–Crippen MR) is 75.4 cm³/mol. The molecule has 1 aliphatic rings. The molecule has 1 heterocycles. The molecule has 1 fully saturated rings. The molecule has 0 aromatic carbocycles. The standard InChI is InChI=1S/C15H27N3/c1-3-9-18-12-14(11-17-18)10-16-13(2)15-7-5-4-6-8-15/h11-13,15-16H,3-10H2,1-2H3/t13-/m1/s1. The highest BCUT2D eigenvalue weighted by Gasteiger charge is 2.19. The lowest BCUT2D eigenvalue weighted by molar-refractivity contribution is 0.280. The summed E-state index contributed by atoms with van der Waals surface area (Å²) >= 11 is 0. The van der Waals surface area contributed by atoms with E-state index in [1.54, 1.807) is 0 Å². The van der Waals surface area contributed by atoms with Crippen molar-refractivity contribution < 1.29 is 0 Å². The summed E-state index contributed by atoms with van der Waals surface area (Å²) in [4.78, 5) is 0. The summed E-state index contributed by atoms with van der Waals surface area (Å²) in [6.07, 6.45) is 12.4. The van der Waals surface area contributed by atoms with Crippen LogP contribution in [0.1, 0.15) is 57.9 Å². The van der Waals surface area contributed by atoms with Gasteiger partial charge in [0.15, 0.2) is 0 Å². The number of hydrogen-bond donors (Lipinski definition) is 1. The number of aromatic nitrogens is 2. The van der Waals surface area contributed by atoms with Gasteiger partial charge in [-0.25, -0.2) is 0 Å². The second kappa shape index (κ2) is 6.93. The van der Waals surface area contributed by atoms with Crippen molar-refractivity contribution in [1.82, 2.24) is 15.1 Å². The molecule has 0 saturated heterocycles. The third-order valence-corrected chi connectivity index (χ3v) is 4.12. The van der Waals surface area contributed by atoms with Crippen LogP contribution >= 0.6 is 0 Å². The molecule has 102 valence electrons. The number of nitrogens with one attached hydrogen (secondary N) is 1. The molecule has 0 amide bonds. The Morgan fingerprint density at radius 1 is 1.39 bits per heavy atom. The molecular weight excluding hydrogens is 222 g/mol. The van der Waals surface area contributed by atoms with Gasteiger partial charge in [0.2, 0.25) is 0 Å². The summed E-state index contributed by atoms with van der Waals surface area (Å²) in [6.45, 7) is 6.51. The van der Waals surface area contributed by atoms with Crippen LogP contribution in [0.25, 0.3) is 0 Å². The van der Waals surface area contributed by atoms with Gasteiger partial charge < -0.3 is 5.32 Å². The first-order chi connectivity index (χ1) is 8.79. The van der Waals surface area contributed by atoms with Gasteiger partial charge in [-0.2, -0.15) is 5.10 Å². The van der Waals surface area contributed by atoms with E-state index in [9.17, 15) is 0 Å². The number of aryl methyl sites for hydroxylation is 1. The van der Waals surface area contributed by atoms with Crippen molar-refractivity contribution in [3.8, 4) is 0 Å². The molecule has 0 spiro atoms. The lowest BCUT2D eigenvalue weighted by Crippen LogP contribution is -2.34. The highest BCUT2D eigenvalue weighted by atomic mass is 15.3. The summed E-state index contributed by atoms with van der Waals surface area (Å²) < 4.78 is 2.04. The first-order valence-corrected chi connectivity index (χ1v) is 7.54. The molecular formula is C15H27N3. The molecule has 1 aromatic rings. The van der Waals surface area contributed by atoms with Crippen LogP contribution in [0.15, 0.2) is 12.4 Å². The van der Waals surface area contributed by atoms with E-state index in [1.165, 1.54) is 37.7 Å². The van der Waals surface area contributed by atoms with E-state index in [0.29, 0.717) is 6.04 Å². The Bertz CT molecular complexity index is 339. The van der Waals surface area contributed by atoms with Gasteiger partial charge in [-0.3, -0.25) is 4.68 Å². The van der Waals surface area contributed by atoms with Crippen molar-refractivity contribution >= 4 is 0 Å². The van der Waals surface area contributed by atoms with Crippen LogP contribution in [-0.2, 0) is 13.1 Å². The molecule has 0 radical (unpaired) electrons. The van der Waals surface area contributed by atoms with Crippen molar-refractivity contribution in [2.45, 2.75) is 71.5 Å². The maximum atomic E-state index is 4.37. The van der Waals surface area contributed by atoms with Crippen LogP contribution < -0.4 is 5.32 Å². The Morgan fingerprint density at radius 2 is 2.17 bits per heavy atom. The molecule has 0 aliphatic heterocycles. The Balaban J connectivity index is 1.75. The molecule has 1 aliphatic carbocycles. The van der Waals surface area contributed by atoms with Crippen LogP contribution in [0, 0.1) is 5.92 Å². The van der Waals surface area contributed by atoms with Crippen molar-refractivity contribution in [3.05, 3.63) is 18.0 Å². The van der Waals surface area contributed by atoms with Crippen molar-refractivity contribution in [2.24, 2.45) is 5.92 Å². The Morgan fingerprint density at radius 3 is 2.89 bits per heavy atom. The number of rotatable bonds is 6. The summed E-state index contributed by atoms with van der Waals surface area (Å²) in [5.74, 6) is 0.879. The van der Waals surface area contributed by atoms with E-state index in [-0.39, 0.29) is 0 Å². The average molecular weight is 249 g/mol. The fourth-order valence-electron chi connectivity index (χ4n) is 2.93. The van der Waals surface area contributed by atoms with Gasteiger partial charge >= 0.3 is 0 Å². The molecule has 1 atom stereocenters. The van der Waals surface area contributed by atoms with Gasteiger partial charge in [0.05, 0.1) is 6.20 Å². The normalized spacial score (nSPS) is 19.0. The third kappa shape index (κ3) is 3.84. The Labute approximate surface area is 111 Å². The molecule has 2 rings (SSSR count). The van der Waals surface area contributed by atoms with E-state index < -0.39 is 0 Å². The van der Waals surface area contributed by atoms with Crippen LogP contribution in [-0.4, -0.2) is 15.8 Å². The van der Waals surface area contributed by atoms with Crippen LogP contribution in [0.5, 0.6) is 0 Å². The zero-order valence-corrected chi connectivity index (χ0v) is 11.9. The zero-order chi connectivity index (χ0) is 12.8. The molecule has 3 nitrogen and oxygen atoms in total. The number of hydrogen-bond acceptors (Lipinski definition) is 2. The second-order valence-corrected chi connectivity index (χ2v) is 5.68. The molecule has 0 bridgehead atoms. The summed E-state index contributed by atoms with van der Waals surface area (Å²) in [6, 6.07) is 0.639. The summed E-state index contributed by atoms with van der Waals surface area (Å²) in [7, 11) is 0. The van der Waals surface area contributed by atoms with Gasteiger partial charge in [-0.05, 0) is 32.1 Å². The average Bonchev–Trinajstić information content (AvgIpc) is 2.85. The first kappa shape index (κ1) is 13.6. The molecule has 18 heavy (non-hydrogen) atoms. The van der Waals surface area contributed by atoms with E-state index in [0.717, 1.165) is 25.4 Å².